The molecular weight excluding hydrogens is 197 g/mol. The van der Waals surface area contributed by atoms with Crippen LogP contribution in [0.15, 0.2) is 17.1 Å². The largest absolute Gasteiger partial charge is 0.504 e. The van der Waals surface area contributed by atoms with Crippen molar-refractivity contribution in [3.8, 4) is 5.75 Å². The zero-order valence-electron chi connectivity index (χ0n) is 6.42. The van der Waals surface area contributed by atoms with E-state index in [1.165, 1.54) is 12.1 Å². The second kappa shape index (κ2) is 4.03. The van der Waals surface area contributed by atoms with Crippen LogP contribution in [0.3, 0.4) is 0 Å². The Morgan fingerprint density at radius 1 is 1.62 bits per heavy atom. The molecule has 0 atom stereocenters. The van der Waals surface area contributed by atoms with Crippen LogP contribution in [0, 0.1) is 5.82 Å². The Morgan fingerprint density at radius 2 is 2.31 bits per heavy atom. The molecular formula is C8H5ClFNO2. The number of phenols is 1. The third kappa shape index (κ3) is 2.28. The molecule has 0 fully saturated rings. The van der Waals surface area contributed by atoms with Gasteiger partial charge in [-0.15, -0.1) is 0 Å². The Hall–Kier alpha value is -1.38. The first-order valence-corrected chi connectivity index (χ1v) is 3.73. The third-order valence-corrected chi connectivity index (χ3v) is 1.69. The number of aromatic hydroxyl groups is 1. The highest BCUT2D eigenvalue weighted by Crippen LogP contribution is 2.27. The second-order valence-corrected chi connectivity index (χ2v) is 2.72. The minimum atomic E-state index is -0.830. The van der Waals surface area contributed by atoms with Gasteiger partial charge in [-0.1, -0.05) is 11.6 Å². The van der Waals surface area contributed by atoms with E-state index < -0.39 is 11.6 Å². The molecule has 13 heavy (non-hydrogen) atoms. The molecule has 0 spiro atoms. The van der Waals surface area contributed by atoms with Crippen molar-refractivity contribution >= 4 is 17.7 Å². The summed E-state index contributed by atoms with van der Waals surface area (Å²) in [5, 5.41) is 8.84. The zero-order valence-corrected chi connectivity index (χ0v) is 7.18. The smallest absolute Gasteiger partial charge is 0.235 e. The minimum Gasteiger partial charge on any atom is -0.504 e. The van der Waals surface area contributed by atoms with Gasteiger partial charge in [0.15, 0.2) is 11.6 Å². The van der Waals surface area contributed by atoms with Crippen LogP contribution >= 0.6 is 11.6 Å². The molecule has 0 amide bonds. The summed E-state index contributed by atoms with van der Waals surface area (Å²) in [6, 6.07) is 2.39. The standard InChI is InChI=1S/C8H5ClFNO2/c9-6-1-5(3-11-4-12)2-7(10)8(6)13/h1-2,13H,3H2. The molecule has 0 saturated carbocycles. The topological polar surface area (TPSA) is 49.7 Å². The van der Waals surface area contributed by atoms with Gasteiger partial charge in [-0.05, 0) is 17.7 Å². The maximum atomic E-state index is 12.8. The number of carbonyl (C=O) groups excluding carboxylic acids is 1. The van der Waals surface area contributed by atoms with Crippen molar-refractivity contribution in [1.29, 1.82) is 0 Å². The van der Waals surface area contributed by atoms with E-state index in [0.717, 1.165) is 6.07 Å². The van der Waals surface area contributed by atoms with Gasteiger partial charge in [0.1, 0.15) is 0 Å². The Bertz CT molecular complexity index is 351. The van der Waals surface area contributed by atoms with Gasteiger partial charge < -0.3 is 5.11 Å². The van der Waals surface area contributed by atoms with E-state index in [0.29, 0.717) is 5.56 Å². The lowest BCUT2D eigenvalue weighted by atomic mass is 10.2. The van der Waals surface area contributed by atoms with Crippen LogP contribution in [0.25, 0.3) is 0 Å². The summed E-state index contributed by atoms with van der Waals surface area (Å²) in [6.07, 6.45) is 1.32. The molecule has 0 heterocycles. The molecule has 0 aliphatic carbocycles. The molecule has 0 radical (unpaired) electrons. The van der Waals surface area contributed by atoms with Crippen LogP contribution in [0.4, 0.5) is 4.39 Å². The Balaban J connectivity index is 3.05. The van der Waals surface area contributed by atoms with Crippen molar-refractivity contribution in [2.45, 2.75) is 6.54 Å². The van der Waals surface area contributed by atoms with Crippen LogP contribution < -0.4 is 0 Å². The van der Waals surface area contributed by atoms with Crippen molar-refractivity contribution in [2.24, 2.45) is 4.99 Å². The van der Waals surface area contributed by atoms with E-state index in [4.69, 9.17) is 16.7 Å². The molecule has 0 bridgehead atoms. The summed E-state index contributed by atoms with van der Waals surface area (Å²) in [5.41, 5.74) is 0.406. The van der Waals surface area contributed by atoms with Crippen LogP contribution in [0.1, 0.15) is 5.56 Å². The molecule has 0 saturated heterocycles. The average Bonchev–Trinajstić information content (AvgIpc) is 2.10. The average molecular weight is 202 g/mol. The van der Waals surface area contributed by atoms with Crippen LogP contribution in [-0.2, 0) is 11.3 Å². The number of benzene rings is 1. The fraction of sp³-hybridized carbons (Fsp3) is 0.125. The van der Waals surface area contributed by atoms with Gasteiger partial charge in [-0.3, -0.25) is 0 Å². The summed E-state index contributed by atoms with van der Waals surface area (Å²) in [7, 11) is 0. The summed E-state index contributed by atoms with van der Waals surface area (Å²) >= 11 is 5.47. The van der Waals surface area contributed by atoms with Gasteiger partial charge in [0.05, 0.1) is 11.6 Å². The fourth-order valence-corrected chi connectivity index (χ4v) is 1.06. The van der Waals surface area contributed by atoms with Gasteiger partial charge in [0, 0.05) is 0 Å². The van der Waals surface area contributed by atoms with Crippen molar-refractivity contribution in [3.05, 3.63) is 28.5 Å². The van der Waals surface area contributed by atoms with Crippen LogP contribution in [0.2, 0.25) is 5.02 Å². The Kier molecular flexibility index (Phi) is 3.01. The third-order valence-electron chi connectivity index (χ3n) is 1.40. The first-order valence-electron chi connectivity index (χ1n) is 3.35. The lowest BCUT2D eigenvalue weighted by molar-refractivity contribution is 0.432. The van der Waals surface area contributed by atoms with Gasteiger partial charge in [0.25, 0.3) is 0 Å². The summed E-state index contributed by atoms with van der Waals surface area (Å²) < 4.78 is 12.8. The van der Waals surface area contributed by atoms with Gasteiger partial charge in [0.2, 0.25) is 6.08 Å². The molecule has 1 aromatic carbocycles. The van der Waals surface area contributed by atoms with E-state index in [1.54, 1.807) is 0 Å². The Labute approximate surface area is 78.5 Å². The molecule has 1 aromatic rings. The van der Waals surface area contributed by atoms with E-state index in [9.17, 15) is 9.18 Å². The predicted octanol–water partition coefficient (Wildman–Crippen LogP) is 2.02. The van der Waals surface area contributed by atoms with E-state index >= 15 is 0 Å². The highest BCUT2D eigenvalue weighted by atomic mass is 35.5. The van der Waals surface area contributed by atoms with Crippen LogP contribution in [0.5, 0.6) is 5.75 Å². The second-order valence-electron chi connectivity index (χ2n) is 2.32. The number of nitrogens with zero attached hydrogens (tertiary/aromatic N) is 1. The van der Waals surface area contributed by atoms with Crippen LogP contribution in [-0.4, -0.2) is 11.2 Å². The van der Waals surface area contributed by atoms with Gasteiger partial charge >= 0.3 is 0 Å². The van der Waals surface area contributed by atoms with Crippen molar-refractivity contribution in [2.75, 3.05) is 0 Å². The van der Waals surface area contributed by atoms with Gasteiger partial charge in [-0.25, -0.2) is 14.2 Å². The molecule has 3 nitrogen and oxygen atoms in total. The molecule has 0 unspecified atom stereocenters. The fourth-order valence-electron chi connectivity index (χ4n) is 0.833. The molecule has 0 aromatic heterocycles. The number of rotatable bonds is 2. The number of hydrogen-bond acceptors (Lipinski definition) is 3. The Morgan fingerprint density at radius 3 is 2.85 bits per heavy atom. The number of aliphatic imine (C=N–C) groups is 1. The highest BCUT2D eigenvalue weighted by Gasteiger charge is 2.07. The normalized spacial score (nSPS) is 9.38. The molecule has 0 aliphatic heterocycles. The minimum absolute atomic E-state index is 0.000417. The molecule has 5 heteroatoms. The maximum Gasteiger partial charge on any atom is 0.235 e. The summed E-state index contributed by atoms with van der Waals surface area (Å²) in [5.74, 6) is -1.43. The molecule has 0 aliphatic rings. The van der Waals surface area contributed by atoms with Crippen molar-refractivity contribution in [3.63, 3.8) is 0 Å². The number of halogens is 2. The number of phenolic OH excluding ortho intramolecular Hbond substituents is 1. The van der Waals surface area contributed by atoms with E-state index in [-0.39, 0.29) is 11.6 Å². The monoisotopic (exact) mass is 201 g/mol. The molecule has 1 N–H and O–H groups in total. The highest BCUT2D eigenvalue weighted by molar-refractivity contribution is 6.32. The number of isocyanates is 1. The lowest BCUT2D eigenvalue weighted by Crippen LogP contribution is -1.85. The van der Waals surface area contributed by atoms with E-state index in [2.05, 4.69) is 4.99 Å². The SMILES string of the molecule is O=C=NCc1cc(F)c(O)c(Cl)c1. The molecule has 68 valence electrons. The predicted molar refractivity (Wildman–Crippen MR) is 44.9 cm³/mol. The van der Waals surface area contributed by atoms with Gasteiger partial charge in [-0.2, -0.15) is 0 Å². The number of hydrogen-bond donors (Lipinski definition) is 1. The molecule has 1 rings (SSSR count). The quantitative estimate of drug-likeness (QED) is 0.588. The van der Waals surface area contributed by atoms with Crippen molar-refractivity contribution in [1.82, 2.24) is 0 Å². The maximum absolute atomic E-state index is 12.8. The summed E-state index contributed by atoms with van der Waals surface area (Å²) in [6.45, 7) is 0.000417. The van der Waals surface area contributed by atoms with E-state index in [1.807, 2.05) is 0 Å². The zero-order chi connectivity index (χ0) is 9.84. The lowest BCUT2D eigenvalue weighted by Gasteiger charge is -2.00. The van der Waals surface area contributed by atoms with Crippen molar-refractivity contribution < 1.29 is 14.3 Å². The first kappa shape index (κ1) is 9.71. The first-order chi connectivity index (χ1) is 6.15. The summed E-state index contributed by atoms with van der Waals surface area (Å²) in [4.78, 5) is 13.0.